The van der Waals surface area contributed by atoms with Crippen molar-refractivity contribution in [1.29, 1.82) is 0 Å². The van der Waals surface area contributed by atoms with Gasteiger partial charge in [-0.2, -0.15) is 0 Å². The lowest BCUT2D eigenvalue weighted by Gasteiger charge is -2.04. The first-order valence-corrected chi connectivity index (χ1v) is 13.5. The van der Waals surface area contributed by atoms with E-state index in [0.29, 0.717) is 18.6 Å². The van der Waals surface area contributed by atoms with Gasteiger partial charge in [0.1, 0.15) is 0 Å². The van der Waals surface area contributed by atoms with Crippen LogP contribution in [0.2, 0.25) is 0 Å². The number of carboxylic acid groups (broad SMARTS) is 1. The van der Waals surface area contributed by atoms with Crippen LogP contribution in [0.15, 0.2) is 12.2 Å². The van der Waals surface area contributed by atoms with Crippen LogP contribution < -0.4 is 0 Å². The zero-order chi connectivity index (χ0) is 24.3. The summed E-state index contributed by atoms with van der Waals surface area (Å²) in [6.45, 7) is 10.3. The Kier molecular flexibility index (Phi) is 28.5. The molecule has 1 N–H and O–H groups in total. The maximum atomic E-state index is 11.1. The SMILES string of the molecule is C=C(C)C(=O)OCCCCCCCCCCCC.CCCCCCCCCCCC(=O)O. The molecular weight excluding hydrogens is 400 g/mol. The highest BCUT2D eigenvalue weighted by atomic mass is 16.5. The Morgan fingerprint density at radius 1 is 0.625 bits per heavy atom. The van der Waals surface area contributed by atoms with Crippen molar-refractivity contribution in [2.45, 2.75) is 149 Å². The second-order valence-electron chi connectivity index (χ2n) is 9.07. The number of carboxylic acids is 1. The molecule has 190 valence electrons. The highest BCUT2D eigenvalue weighted by Gasteiger charge is 2.01. The van der Waals surface area contributed by atoms with Gasteiger partial charge in [0.25, 0.3) is 0 Å². The number of esters is 1. The molecule has 0 bridgehead atoms. The summed E-state index contributed by atoms with van der Waals surface area (Å²) in [5, 5.41) is 8.41. The van der Waals surface area contributed by atoms with Crippen molar-refractivity contribution in [1.82, 2.24) is 0 Å². The predicted octanol–water partition coefficient (Wildman–Crippen LogP) is 9.02. The summed E-state index contributed by atoms with van der Waals surface area (Å²) in [6, 6.07) is 0. The molecule has 0 rings (SSSR count). The van der Waals surface area contributed by atoms with E-state index in [-0.39, 0.29) is 5.97 Å². The van der Waals surface area contributed by atoms with E-state index in [1.165, 1.54) is 103 Å². The maximum absolute atomic E-state index is 11.1. The number of carbonyl (C=O) groups excluding carboxylic acids is 1. The van der Waals surface area contributed by atoms with Gasteiger partial charge in [-0.25, -0.2) is 4.79 Å². The van der Waals surface area contributed by atoms with E-state index >= 15 is 0 Å². The highest BCUT2D eigenvalue weighted by Crippen LogP contribution is 2.11. The molecule has 0 aromatic rings. The van der Waals surface area contributed by atoms with Crippen molar-refractivity contribution in [2.75, 3.05) is 6.61 Å². The fourth-order valence-corrected chi connectivity index (χ4v) is 3.46. The molecule has 0 amide bonds. The number of hydrogen-bond donors (Lipinski definition) is 1. The molecule has 0 aromatic heterocycles. The van der Waals surface area contributed by atoms with Crippen molar-refractivity contribution in [3.8, 4) is 0 Å². The van der Waals surface area contributed by atoms with Crippen molar-refractivity contribution >= 4 is 11.9 Å². The normalized spacial score (nSPS) is 10.3. The van der Waals surface area contributed by atoms with Crippen LogP contribution in [-0.4, -0.2) is 23.7 Å². The van der Waals surface area contributed by atoms with Gasteiger partial charge in [-0.05, 0) is 19.8 Å². The molecule has 0 aliphatic heterocycles. The first-order valence-electron chi connectivity index (χ1n) is 13.5. The molecule has 4 heteroatoms. The van der Waals surface area contributed by atoms with Crippen LogP contribution in [0.4, 0.5) is 0 Å². The average Bonchev–Trinajstić information content (AvgIpc) is 2.76. The van der Waals surface area contributed by atoms with Gasteiger partial charge in [0.05, 0.1) is 6.61 Å². The van der Waals surface area contributed by atoms with E-state index < -0.39 is 5.97 Å². The van der Waals surface area contributed by atoms with Gasteiger partial charge in [0, 0.05) is 12.0 Å². The molecule has 0 aromatic carbocycles. The zero-order valence-corrected chi connectivity index (χ0v) is 21.7. The summed E-state index contributed by atoms with van der Waals surface area (Å²) < 4.78 is 5.04. The molecule has 0 saturated heterocycles. The van der Waals surface area contributed by atoms with Crippen LogP contribution in [0.1, 0.15) is 149 Å². The summed E-state index contributed by atoms with van der Waals surface area (Å²) in [5.74, 6) is -0.918. The van der Waals surface area contributed by atoms with Gasteiger partial charge >= 0.3 is 11.9 Å². The highest BCUT2D eigenvalue weighted by molar-refractivity contribution is 5.86. The van der Waals surface area contributed by atoms with E-state index in [0.717, 1.165) is 19.3 Å². The van der Waals surface area contributed by atoms with E-state index in [2.05, 4.69) is 20.4 Å². The van der Waals surface area contributed by atoms with Gasteiger partial charge in [-0.3, -0.25) is 4.79 Å². The van der Waals surface area contributed by atoms with E-state index in [1.807, 2.05) is 0 Å². The Labute approximate surface area is 199 Å². The summed E-state index contributed by atoms with van der Waals surface area (Å²) >= 11 is 0. The molecule has 0 aliphatic carbocycles. The maximum Gasteiger partial charge on any atom is 0.333 e. The molecule has 0 unspecified atom stereocenters. The number of carbonyl (C=O) groups is 2. The molecule has 32 heavy (non-hydrogen) atoms. The lowest BCUT2D eigenvalue weighted by atomic mass is 10.1. The van der Waals surface area contributed by atoms with E-state index in [4.69, 9.17) is 9.84 Å². The minimum Gasteiger partial charge on any atom is -0.481 e. The Morgan fingerprint density at radius 3 is 1.31 bits per heavy atom. The van der Waals surface area contributed by atoms with E-state index in [9.17, 15) is 9.59 Å². The van der Waals surface area contributed by atoms with Gasteiger partial charge in [0.15, 0.2) is 0 Å². The monoisotopic (exact) mass is 454 g/mol. The van der Waals surface area contributed by atoms with Gasteiger partial charge in [-0.15, -0.1) is 0 Å². The molecule has 0 atom stereocenters. The summed E-state index contributed by atoms with van der Waals surface area (Å²) in [5.41, 5.74) is 0.488. The average molecular weight is 455 g/mol. The Morgan fingerprint density at radius 2 is 0.969 bits per heavy atom. The van der Waals surface area contributed by atoms with Crippen molar-refractivity contribution in [3.63, 3.8) is 0 Å². The van der Waals surface area contributed by atoms with Gasteiger partial charge in [0.2, 0.25) is 0 Å². The third-order valence-corrected chi connectivity index (χ3v) is 5.57. The third-order valence-electron chi connectivity index (χ3n) is 5.57. The number of unbranched alkanes of at least 4 members (excludes halogenated alkanes) is 17. The Balaban J connectivity index is 0. The second-order valence-corrected chi connectivity index (χ2v) is 9.07. The quantitative estimate of drug-likeness (QED) is 0.101. The number of hydrogen-bond acceptors (Lipinski definition) is 3. The lowest BCUT2D eigenvalue weighted by Crippen LogP contribution is -2.05. The largest absolute Gasteiger partial charge is 0.481 e. The first-order chi connectivity index (χ1) is 15.5. The second kappa shape index (κ2) is 27.7. The summed E-state index contributed by atoms with van der Waals surface area (Å²) in [4.78, 5) is 21.3. The van der Waals surface area contributed by atoms with Crippen LogP contribution in [0.5, 0.6) is 0 Å². The Hall–Kier alpha value is -1.32. The minimum absolute atomic E-state index is 0.258. The number of rotatable bonds is 22. The van der Waals surface area contributed by atoms with E-state index in [1.54, 1.807) is 6.92 Å². The number of aliphatic carboxylic acids is 1. The molecular formula is C28H54O4. The molecule has 0 heterocycles. The van der Waals surface area contributed by atoms with Crippen molar-refractivity contribution in [2.24, 2.45) is 0 Å². The van der Waals surface area contributed by atoms with Crippen LogP contribution >= 0.6 is 0 Å². The van der Waals surface area contributed by atoms with Crippen molar-refractivity contribution < 1.29 is 19.4 Å². The van der Waals surface area contributed by atoms with Crippen LogP contribution in [0, 0.1) is 0 Å². The topological polar surface area (TPSA) is 63.6 Å². The summed E-state index contributed by atoms with van der Waals surface area (Å²) in [6.07, 6.45) is 24.4. The third kappa shape index (κ3) is 30.9. The van der Waals surface area contributed by atoms with Crippen LogP contribution in [0.3, 0.4) is 0 Å². The fourth-order valence-electron chi connectivity index (χ4n) is 3.46. The molecule has 0 fully saturated rings. The lowest BCUT2D eigenvalue weighted by molar-refractivity contribution is -0.139. The fraction of sp³-hybridized carbons (Fsp3) is 0.857. The first kappa shape index (κ1) is 32.9. The van der Waals surface area contributed by atoms with Crippen LogP contribution in [0.25, 0.3) is 0 Å². The molecule has 0 aliphatic rings. The Bertz CT molecular complexity index is 431. The smallest absolute Gasteiger partial charge is 0.333 e. The summed E-state index contributed by atoms with van der Waals surface area (Å²) in [7, 11) is 0. The molecule has 0 radical (unpaired) electrons. The van der Waals surface area contributed by atoms with Crippen LogP contribution in [-0.2, 0) is 14.3 Å². The zero-order valence-electron chi connectivity index (χ0n) is 21.7. The standard InChI is InChI=1S/C16H30O2.C12H24O2/c1-4-5-6-7-8-9-10-11-12-13-14-18-16(17)15(2)3;1-2-3-4-5-6-7-8-9-10-11-12(13)14/h2,4-14H2,1,3H3;2-11H2,1H3,(H,13,14). The van der Waals surface area contributed by atoms with Gasteiger partial charge < -0.3 is 9.84 Å². The predicted molar refractivity (Wildman–Crippen MR) is 137 cm³/mol. The molecule has 0 saturated carbocycles. The minimum atomic E-state index is -0.659. The molecule has 4 nitrogen and oxygen atoms in total. The number of ether oxygens (including phenoxy) is 1. The van der Waals surface area contributed by atoms with Gasteiger partial charge in [-0.1, -0.05) is 130 Å². The molecule has 0 spiro atoms. The van der Waals surface area contributed by atoms with Crippen molar-refractivity contribution in [3.05, 3.63) is 12.2 Å².